The summed E-state index contributed by atoms with van der Waals surface area (Å²) in [5, 5.41) is 0. The molecule has 0 bridgehead atoms. The van der Waals surface area contributed by atoms with Crippen molar-refractivity contribution in [1.29, 1.82) is 0 Å². The van der Waals surface area contributed by atoms with Gasteiger partial charge in [0, 0.05) is 5.92 Å². The van der Waals surface area contributed by atoms with Crippen LogP contribution < -0.4 is 0 Å². The zero-order valence-corrected chi connectivity index (χ0v) is 11.7. The van der Waals surface area contributed by atoms with Gasteiger partial charge in [-0.15, -0.1) is 0 Å². The van der Waals surface area contributed by atoms with Crippen molar-refractivity contribution < 1.29 is 12.5 Å². The molecule has 3 nitrogen and oxygen atoms in total. The van der Waals surface area contributed by atoms with E-state index in [1.165, 1.54) is 19.3 Å². The van der Waals surface area contributed by atoms with Crippen LogP contribution in [0.15, 0.2) is 0 Å². The summed E-state index contributed by atoms with van der Waals surface area (Å²) in [6.45, 7) is 5.75. The molecule has 1 atom stereocenters. The average molecular weight is 328 g/mol. The highest BCUT2D eigenvalue weighted by Gasteiger charge is 2.27. The molecule has 1 heterocycles. The van der Waals surface area contributed by atoms with Gasteiger partial charge in [-0.25, -0.2) is 0 Å². The van der Waals surface area contributed by atoms with E-state index in [9.17, 15) is 0 Å². The normalized spacial score (nSPS) is 29.0. The van der Waals surface area contributed by atoms with Gasteiger partial charge in [0.05, 0.1) is 13.2 Å². The Hall–Kier alpha value is 0.610. The van der Waals surface area contributed by atoms with Gasteiger partial charge >= 0.3 is 0 Å². The van der Waals surface area contributed by atoms with Gasteiger partial charge in [-0.2, -0.15) is 0 Å². The van der Waals surface area contributed by atoms with Crippen LogP contribution in [0.25, 0.3) is 0 Å². The highest BCUT2D eigenvalue weighted by Crippen LogP contribution is 2.24. The molecule has 90 valence electrons. The lowest BCUT2D eigenvalue weighted by Crippen LogP contribution is -2.39. The van der Waals surface area contributed by atoms with E-state index in [0.29, 0.717) is 19.1 Å². The van der Waals surface area contributed by atoms with Crippen LogP contribution in [0.3, 0.4) is 0 Å². The van der Waals surface area contributed by atoms with E-state index < -0.39 is 0 Å². The van der Waals surface area contributed by atoms with Crippen LogP contribution >= 0.6 is 23.0 Å². The molecule has 0 spiro atoms. The number of unbranched alkanes of at least 4 members (excludes halogenated alkanes) is 1. The predicted molar refractivity (Wildman–Crippen MR) is 67.9 cm³/mol. The van der Waals surface area contributed by atoms with Crippen molar-refractivity contribution in [3.8, 4) is 0 Å². The van der Waals surface area contributed by atoms with E-state index in [4.69, 9.17) is 12.5 Å². The second kappa shape index (κ2) is 7.81. The number of hydrogen-bond acceptors (Lipinski definition) is 3. The Labute approximate surface area is 107 Å². The summed E-state index contributed by atoms with van der Waals surface area (Å²) >= 11 is 1.90. The van der Waals surface area contributed by atoms with Gasteiger partial charge < -0.3 is 12.5 Å². The van der Waals surface area contributed by atoms with Gasteiger partial charge in [-0.05, 0) is 12.8 Å². The SMILES string of the molecule is CCCCC(CC)C1OCC(OI)CO1. The van der Waals surface area contributed by atoms with Crippen molar-refractivity contribution in [2.24, 2.45) is 5.92 Å². The fourth-order valence-corrected chi connectivity index (χ4v) is 2.12. The maximum absolute atomic E-state index is 5.68. The van der Waals surface area contributed by atoms with Crippen molar-refractivity contribution >= 4 is 23.0 Å². The third kappa shape index (κ3) is 4.54. The van der Waals surface area contributed by atoms with Crippen molar-refractivity contribution in [3.05, 3.63) is 0 Å². The van der Waals surface area contributed by atoms with E-state index in [-0.39, 0.29) is 12.4 Å². The fraction of sp³-hybridized carbons (Fsp3) is 1.00. The summed E-state index contributed by atoms with van der Waals surface area (Å²) in [6.07, 6.45) is 4.92. The Morgan fingerprint density at radius 2 is 2.00 bits per heavy atom. The summed E-state index contributed by atoms with van der Waals surface area (Å²) in [5.74, 6) is 0.542. The van der Waals surface area contributed by atoms with Gasteiger partial charge in [0.25, 0.3) is 0 Å². The molecule has 1 rings (SSSR count). The lowest BCUT2D eigenvalue weighted by Gasteiger charge is -2.32. The van der Waals surface area contributed by atoms with Crippen molar-refractivity contribution in [1.82, 2.24) is 0 Å². The number of rotatable bonds is 6. The molecule has 0 aromatic carbocycles. The number of ether oxygens (including phenoxy) is 2. The largest absolute Gasteiger partial charge is 0.350 e. The van der Waals surface area contributed by atoms with E-state index >= 15 is 0 Å². The molecule has 0 saturated carbocycles. The first-order valence-electron chi connectivity index (χ1n) is 5.82. The molecule has 0 aliphatic carbocycles. The predicted octanol–water partition coefficient (Wildman–Crippen LogP) is 3.31. The summed E-state index contributed by atoms with van der Waals surface area (Å²) in [4.78, 5) is 0. The lowest BCUT2D eigenvalue weighted by atomic mass is 9.98. The highest BCUT2D eigenvalue weighted by molar-refractivity contribution is 14.1. The van der Waals surface area contributed by atoms with Crippen LogP contribution in [0.4, 0.5) is 0 Å². The molecule has 0 N–H and O–H groups in total. The minimum absolute atomic E-state index is 0.00986. The number of hydrogen-bond donors (Lipinski definition) is 0. The smallest absolute Gasteiger partial charge is 0.160 e. The average Bonchev–Trinajstić information content (AvgIpc) is 2.31. The molecular weight excluding hydrogens is 307 g/mol. The molecule has 0 aromatic rings. The molecule has 1 saturated heterocycles. The summed E-state index contributed by atoms with van der Waals surface area (Å²) in [5.41, 5.74) is 0. The Morgan fingerprint density at radius 3 is 2.47 bits per heavy atom. The minimum atomic E-state index is -0.00986. The maximum atomic E-state index is 5.68. The minimum Gasteiger partial charge on any atom is -0.350 e. The van der Waals surface area contributed by atoms with Gasteiger partial charge in [-0.1, -0.05) is 26.7 Å². The third-order valence-corrected chi connectivity index (χ3v) is 3.58. The molecular formula is C11H21IO3. The molecule has 0 radical (unpaired) electrons. The molecule has 4 heteroatoms. The molecule has 1 aliphatic heterocycles. The quantitative estimate of drug-likeness (QED) is 0.700. The molecule has 1 aliphatic rings. The topological polar surface area (TPSA) is 27.7 Å². The Morgan fingerprint density at radius 1 is 1.33 bits per heavy atom. The van der Waals surface area contributed by atoms with Gasteiger partial charge in [0.2, 0.25) is 0 Å². The van der Waals surface area contributed by atoms with E-state index in [1.807, 2.05) is 23.0 Å². The van der Waals surface area contributed by atoms with Gasteiger partial charge in [-0.3, -0.25) is 0 Å². The molecule has 15 heavy (non-hydrogen) atoms. The molecule has 0 amide bonds. The molecule has 1 unspecified atom stereocenters. The Balaban J connectivity index is 2.29. The standard InChI is InChI=1S/C11H21IO3/c1-3-5-6-9(4-2)11-13-7-10(15-12)8-14-11/h9-11H,3-8H2,1-2H3. The van der Waals surface area contributed by atoms with Crippen LogP contribution in [0.1, 0.15) is 39.5 Å². The van der Waals surface area contributed by atoms with Crippen LogP contribution in [0, 0.1) is 5.92 Å². The highest BCUT2D eigenvalue weighted by atomic mass is 127. The van der Waals surface area contributed by atoms with Crippen molar-refractivity contribution in [2.45, 2.75) is 51.9 Å². The first-order valence-corrected chi connectivity index (χ1v) is 6.70. The van der Waals surface area contributed by atoms with Crippen LogP contribution in [-0.2, 0) is 12.5 Å². The van der Waals surface area contributed by atoms with E-state index in [0.717, 1.165) is 6.42 Å². The van der Waals surface area contributed by atoms with E-state index in [1.54, 1.807) is 0 Å². The Bertz CT molecular complexity index is 158. The Kier molecular flexibility index (Phi) is 7.12. The summed E-state index contributed by atoms with van der Waals surface area (Å²) < 4.78 is 16.5. The summed E-state index contributed by atoms with van der Waals surface area (Å²) in [7, 11) is 0. The third-order valence-electron chi connectivity index (χ3n) is 2.86. The second-order valence-electron chi connectivity index (χ2n) is 4.06. The molecule has 0 aromatic heterocycles. The summed E-state index contributed by atoms with van der Waals surface area (Å²) in [6, 6.07) is 0. The van der Waals surface area contributed by atoms with Gasteiger partial charge in [0.1, 0.15) is 29.1 Å². The zero-order valence-electron chi connectivity index (χ0n) is 9.58. The zero-order chi connectivity index (χ0) is 11.1. The van der Waals surface area contributed by atoms with Crippen LogP contribution in [-0.4, -0.2) is 25.6 Å². The molecule has 1 fully saturated rings. The van der Waals surface area contributed by atoms with Crippen LogP contribution in [0.2, 0.25) is 0 Å². The fourth-order valence-electron chi connectivity index (χ4n) is 1.82. The van der Waals surface area contributed by atoms with Crippen LogP contribution in [0.5, 0.6) is 0 Å². The number of halogens is 1. The van der Waals surface area contributed by atoms with E-state index in [2.05, 4.69) is 13.8 Å². The van der Waals surface area contributed by atoms with Gasteiger partial charge in [0.15, 0.2) is 6.29 Å². The first-order chi connectivity index (χ1) is 7.31. The first kappa shape index (κ1) is 13.7. The lowest BCUT2D eigenvalue weighted by molar-refractivity contribution is -0.230. The monoisotopic (exact) mass is 328 g/mol. The maximum Gasteiger partial charge on any atom is 0.160 e. The second-order valence-corrected chi connectivity index (χ2v) is 4.57. The van der Waals surface area contributed by atoms with Crippen molar-refractivity contribution in [3.63, 3.8) is 0 Å². The van der Waals surface area contributed by atoms with Crippen molar-refractivity contribution in [2.75, 3.05) is 13.2 Å².